The maximum Gasteiger partial charge on any atom is 0.220 e. The molecule has 0 aliphatic heterocycles. The summed E-state index contributed by atoms with van der Waals surface area (Å²) in [6, 6.07) is 8.69. The maximum atomic E-state index is 12.2. The van der Waals surface area contributed by atoms with Crippen LogP contribution in [0.3, 0.4) is 0 Å². The molecule has 1 atom stereocenters. The number of fused-ring (bicyclic) bond motifs is 1. The molecule has 0 bridgehead atoms. The van der Waals surface area contributed by atoms with Gasteiger partial charge < -0.3 is 5.32 Å². The molecule has 1 aliphatic rings. The Bertz CT molecular complexity index is 690. The van der Waals surface area contributed by atoms with Crippen molar-refractivity contribution in [1.29, 1.82) is 0 Å². The first-order valence-electron chi connectivity index (χ1n) is 8.51. The predicted octanol–water partition coefficient (Wildman–Crippen LogP) is 3.11. The fourth-order valence-electron chi connectivity index (χ4n) is 3.31. The Hall–Kier alpha value is -2.10. The van der Waals surface area contributed by atoms with Crippen molar-refractivity contribution >= 4 is 5.91 Å². The minimum atomic E-state index is 0.0567. The van der Waals surface area contributed by atoms with Gasteiger partial charge in [-0.1, -0.05) is 18.2 Å². The molecule has 0 radical (unpaired) electrons. The number of benzene rings is 1. The van der Waals surface area contributed by atoms with Gasteiger partial charge in [0.15, 0.2) is 0 Å². The summed E-state index contributed by atoms with van der Waals surface area (Å²) in [6.07, 6.45) is 7.93. The van der Waals surface area contributed by atoms with Gasteiger partial charge in [-0.15, -0.1) is 0 Å². The second-order valence-electron chi connectivity index (χ2n) is 6.47. The highest BCUT2D eigenvalue weighted by Gasteiger charge is 2.14. The van der Waals surface area contributed by atoms with E-state index in [-0.39, 0.29) is 11.9 Å². The fraction of sp³-hybridized carbons (Fsp3) is 0.474. The van der Waals surface area contributed by atoms with Gasteiger partial charge in [-0.05, 0) is 61.8 Å². The smallest absolute Gasteiger partial charge is 0.220 e. The molecule has 1 heterocycles. The van der Waals surface area contributed by atoms with E-state index in [2.05, 4.69) is 35.5 Å². The van der Waals surface area contributed by atoms with E-state index in [0.29, 0.717) is 6.42 Å². The molecule has 3 rings (SSSR count). The van der Waals surface area contributed by atoms with Crippen LogP contribution < -0.4 is 5.32 Å². The monoisotopic (exact) mass is 311 g/mol. The zero-order valence-electron chi connectivity index (χ0n) is 14.0. The van der Waals surface area contributed by atoms with Crippen LogP contribution in [0.15, 0.2) is 30.5 Å². The van der Waals surface area contributed by atoms with Crippen LogP contribution in [-0.4, -0.2) is 15.7 Å². The van der Waals surface area contributed by atoms with E-state index in [9.17, 15) is 4.79 Å². The second kappa shape index (κ2) is 6.99. The molecule has 1 aromatic heterocycles. The lowest BCUT2D eigenvalue weighted by atomic mass is 9.89. The Morgan fingerprint density at radius 2 is 2.04 bits per heavy atom. The normalized spacial score (nSPS) is 15.0. The summed E-state index contributed by atoms with van der Waals surface area (Å²) in [6.45, 7) is 2.06. The van der Waals surface area contributed by atoms with E-state index >= 15 is 0 Å². The predicted molar refractivity (Wildman–Crippen MR) is 91.2 cm³/mol. The molecule has 1 amide bonds. The van der Waals surface area contributed by atoms with Gasteiger partial charge in [0.1, 0.15) is 0 Å². The van der Waals surface area contributed by atoms with Gasteiger partial charge in [-0.25, -0.2) is 0 Å². The van der Waals surface area contributed by atoms with E-state index in [1.165, 1.54) is 42.4 Å². The van der Waals surface area contributed by atoms with Gasteiger partial charge in [0.2, 0.25) is 5.91 Å². The number of aromatic nitrogens is 2. The summed E-state index contributed by atoms with van der Waals surface area (Å²) in [5.41, 5.74) is 5.24. The first-order valence-corrected chi connectivity index (χ1v) is 8.51. The van der Waals surface area contributed by atoms with Crippen LogP contribution in [0.5, 0.6) is 0 Å². The third kappa shape index (κ3) is 3.81. The summed E-state index contributed by atoms with van der Waals surface area (Å²) in [5.74, 6) is 0.0939. The van der Waals surface area contributed by atoms with Crippen molar-refractivity contribution in [2.24, 2.45) is 7.05 Å². The Labute approximate surface area is 137 Å². The quantitative estimate of drug-likeness (QED) is 0.922. The zero-order chi connectivity index (χ0) is 16.2. The standard InChI is InChI=1S/C19H25N3O/c1-14(16-8-7-15-5-3-4-6-17(15)13-16)21-19(23)10-9-18-11-12-20-22(18)2/h7-8,11-14H,3-6,9-10H2,1-2H3,(H,21,23)/t14-/m1/s1. The SMILES string of the molecule is C[C@@H](NC(=O)CCc1ccnn1C)c1ccc2c(c1)CCCC2. The summed E-state index contributed by atoms with van der Waals surface area (Å²) < 4.78 is 1.82. The minimum Gasteiger partial charge on any atom is -0.350 e. The molecule has 1 N–H and O–H groups in total. The average Bonchev–Trinajstić information content (AvgIpc) is 2.97. The number of amides is 1. The number of hydrogen-bond acceptors (Lipinski definition) is 2. The lowest BCUT2D eigenvalue weighted by Gasteiger charge is -2.20. The number of aryl methyl sites for hydroxylation is 4. The van der Waals surface area contributed by atoms with Crippen molar-refractivity contribution in [3.8, 4) is 0 Å². The fourth-order valence-corrected chi connectivity index (χ4v) is 3.31. The molecule has 0 unspecified atom stereocenters. The number of rotatable bonds is 5. The van der Waals surface area contributed by atoms with Gasteiger partial charge in [0.05, 0.1) is 6.04 Å². The van der Waals surface area contributed by atoms with Crippen molar-refractivity contribution in [1.82, 2.24) is 15.1 Å². The number of carbonyl (C=O) groups is 1. The Morgan fingerprint density at radius 1 is 1.26 bits per heavy atom. The molecule has 0 fully saturated rings. The highest BCUT2D eigenvalue weighted by atomic mass is 16.1. The van der Waals surface area contributed by atoms with E-state index in [0.717, 1.165) is 12.1 Å². The van der Waals surface area contributed by atoms with Crippen LogP contribution in [0.2, 0.25) is 0 Å². The summed E-state index contributed by atoms with van der Waals surface area (Å²) in [5, 5.41) is 7.25. The van der Waals surface area contributed by atoms with Crippen LogP contribution in [0, 0.1) is 0 Å². The Balaban J connectivity index is 1.57. The van der Waals surface area contributed by atoms with Crippen molar-refractivity contribution < 1.29 is 4.79 Å². The maximum absolute atomic E-state index is 12.2. The highest BCUT2D eigenvalue weighted by Crippen LogP contribution is 2.24. The lowest BCUT2D eigenvalue weighted by Crippen LogP contribution is -2.27. The average molecular weight is 311 g/mol. The largest absolute Gasteiger partial charge is 0.350 e. The van der Waals surface area contributed by atoms with Crippen LogP contribution in [0.4, 0.5) is 0 Å². The molecule has 4 nitrogen and oxygen atoms in total. The van der Waals surface area contributed by atoms with E-state index in [4.69, 9.17) is 0 Å². The molecule has 0 spiro atoms. The van der Waals surface area contributed by atoms with Crippen molar-refractivity contribution in [2.45, 2.75) is 51.5 Å². The molecule has 122 valence electrons. The van der Waals surface area contributed by atoms with E-state index in [1.807, 2.05) is 17.8 Å². The Morgan fingerprint density at radius 3 is 2.78 bits per heavy atom. The molecule has 0 saturated heterocycles. The Kier molecular flexibility index (Phi) is 4.79. The van der Waals surface area contributed by atoms with Crippen molar-refractivity contribution in [2.75, 3.05) is 0 Å². The third-order valence-corrected chi connectivity index (χ3v) is 4.78. The molecular weight excluding hydrogens is 286 g/mol. The molecule has 1 aromatic carbocycles. The third-order valence-electron chi connectivity index (χ3n) is 4.78. The van der Waals surface area contributed by atoms with Gasteiger partial charge in [0, 0.05) is 25.4 Å². The van der Waals surface area contributed by atoms with Crippen LogP contribution in [0.1, 0.15) is 54.6 Å². The number of nitrogens with zero attached hydrogens (tertiary/aromatic N) is 2. The first kappa shape index (κ1) is 15.8. The zero-order valence-corrected chi connectivity index (χ0v) is 14.0. The summed E-state index contributed by atoms with van der Waals surface area (Å²) in [7, 11) is 1.91. The van der Waals surface area contributed by atoms with Crippen molar-refractivity contribution in [3.05, 3.63) is 52.8 Å². The molecule has 1 aliphatic carbocycles. The number of hydrogen-bond donors (Lipinski definition) is 1. The summed E-state index contributed by atoms with van der Waals surface area (Å²) in [4.78, 5) is 12.2. The lowest BCUT2D eigenvalue weighted by molar-refractivity contribution is -0.121. The molecule has 2 aromatic rings. The number of carbonyl (C=O) groups excluding carboxylic acids is 1. The van der Waals surface area contributed by atoms with Crippen LogP contribution in [-0.2, 0) is 31.1 Å². The van der Waals surface area contributed by atoms with E-state index < -0.39 is 0 Å². The summed E-state index contributed by atoms with van der Waals surface area (Å²) >= 11 is 0. The van der Waals surface area contributed by atoms with Gasteiger partial charge in [0.25, 0.3) is 0 Å². The second-order valence-corrected chi connectivity index (χ2v) is 6.47. The van der Waals surface area contributed by atoms with Crippen molar-refractivity contribution in [3.63, 3.8) is 0 Å². The van der Waals surface area contributed by atoms with Gasteiger partial charge in [-0.3, -0.25) is 9.48 Å². The molecular formula is C19H25N3O. The van der Waals surface area contributed by atoms with Crippen LogP contribution in [0.25, 0.3) is 0 Å². The van der Waals surface area contributed by atoms with E-state index in [1.54, 1.807) is 6.20 Å². The van der Waals surface area contributed by atoms with Gasteiger partial charge >= 0.3 is 0 Å². The highest BCUT2D eigenvalue weighted by molar-refractivity contribution is 5.76. The van der Waals surface area contributed by atoms with Crippen LogP contribution >= 0.6 is 0 Å². The number of nitrogens with one attached hydrogen (secondary N) is 1. The minimum absolute atomic E-state index is 0.0567. The topological polar surface area (TPSA) is 46.9 Å². The van der Waals surface area contributed by atoms with Gasteiger partial charge in [-0.2, -0.15) is 5.10 Å². The first-order chi connectivity index (χ1) is 11.1. The molecule has 23 heavy (non-hydrogen) atoms. The molecule has 4 heteroatoms. The molecule has 0 saturated carbocycles.